The number of hydrogen-bond acceptors (Lipinski definition) is 3. The highest BCUT2D eigenvalue weighted by Gasteiger charge is 2.17. The predicted molar refractivity (Wildman–Crippen MR) is 147 cm³/mol. The number of piperidine rings is 1. The van der Waals surface area contributed by atoms with E-state index in [2.05, 4.69) is 102 Å². The minimum Gasteiger partial charge on any atom is -0.371 e. The first-order valence-electron chi connectivity index (χ1n) is 11.8. The van der Waals surface area contributed by atoms with Gasteiger partial charge in [0.15, 0.2) is 5.11 Å². The lowest BCUT2D eigenvalue weighted by molar-refractivity contribution is 0.447. The van der Waals surface area contributed by atoms with Crippen LogP contribution in [-0.4, -0.2) is 18.2 Å². The molecule has 0 unspecified atom stereocenters. The first-order valence-corrected chi connectivity index (χ1v) is 13.2. The van der Waals surface area contributed by atoms with E-state index in [4.69, 9.17) is 12.2 Å². The monoisotopic (exact) mass is 475 g/mol. The zero-order valence-electron chi connectivity index (χ0n) is 19.5. The Kier molecular flexibility index (Phi) is 8.30. The van der Waals surface area contributed by atoms with Crippen LogP contribution in [0.5, 0.6) is 0 Å². The third-order valence-corrected chi connectivity index (χ3v) is 7.43. The van der Waals surface area contributed by atoms with E-state index in [9.17, 15) is 0 Å². The molecule has 2 atom stereocenters. The van der Waals surface area contributed by atoms with Gasteiger partial charge in [-0.1, -0.05) is 49.4 Å². The highest BCUT2D eigenvalue weighted by atomic mass is 32.2. The molecule has 1 heterocycles. The Morgan fingerprint density at radius 1 is 1.03 bits per heavy atom. The predicted octanol–water partition coefficient (Wildman–Crippen LogP) is 7.26. The lowest BCUT2D eigenvalue weighted by atomic mass is 9.99. The summed E-state index contributed by atoms with van der Waals surface area (Å²) in [5, 5.41) is 7.37. The van der Waals surface area contributed by atoms with Crippen LogP contribution in [0.3, 0.4) is 0 Å². The largest absolute Gasteiger partial charge is 0.371 e. The standard InChI is InChI=1S/C28H33N3S2/c1-21-7-6-18-31(19-21)26-16-12-24(13-17-26)22(2)29-28(32)30-25-14-10-23(11-15-25)20-33-27-8-4-3-5-9-27/h3-5,8-17,21-22H,6-7,18-20H2,1-2H3,(H2,29,30,32)/t21-,22-/m0/s1. The molecule has 0 amide bonds. The van der Waals surface area contributed by atoms with Crippen molar-refractivity contribution in [3.8, 4) is 0 Å². The molecule has 1 saturated heterocycles. The second kappa shape index (κ2) is 11.6. The van der Waals surface area contributed by atoms with Crippen molar-refractivity contribution in [2.45, 2.75) is 43.4 Å². The number of nitrogens with one attached hydrogen (secondary N) is 2. The zero-order valence-corrected chi connectivity index (χ0v) is 21.1. The molecule has 3 aromatic rings. The fraction of sp³-hybridized carbons (Fsp3) is 0.321. The van der Waals surface area contributed by atoms with E-state index in [1.165, 1.54) is 34.6 Å². The molecule has 33 heavy (non-hydrogen) atoms. The maximum absolute atomic E-state index is 5.57. The van der Waals surface area contributed by atoms with Gasteiger partial charge in [0.2, 0.25) is 0 Å². The van der Waals surface area contributed by atoms with E-state index in [1.54, 1.807) is 0 Å². The molecule has 0 spiro atoms. The van der Waals surface area contributed by atoms with E-state index in [0.29, 0.717) is 5.11 Å². The number of anilines is 2. The van der Waals surface area contributed by atoms with Crippen LogP contribution in [0.2, 0.25) is 0 Å². The summed E-state index contributed by atoms with van der Waals surface area (Å²) in [5.41, 5.74) is 4.86. The molecule has 0 bridgehead atoms. The van der Waals surface area contributed by atoms with Gasteiger partial charge in [0.05, 0.1) is 6.04 Å². The fourth-order valence-corrected chi connectivity index (χ4v) is 5.38. The van der Waals surface area contributed by atoms with Gasteiger partial charge >= 0.3 is 0 Å². The van der Waals surface area contributed by atoms with E-state index in [1.807, 2.05) is 17.8 Å². The quantitative estimate of drug-likeness (QED) is 0.277. The summed E-state index contributed by atoms with van der Waals surface area (Å²) in [5.74, 6) is 1.73. The Morgan fingerprint density at radius 2 is 1.76 bits per heavy atom. The zero-order chi connectivity index (χ0) is 23.0. The average Bonchev–Trinajstić information content (AvgIpc) is 2.84. The minimum absolute atomic E-state index is 0.140. The van der Waals surface area contributed by atoms with Crippen molar-refractivity contribution in [2.24, 2.45) is 5.92 Å². The maximum atomic E-state index is 5.57. The highest BCUT2D eigenvalue weighted by Crippen LogP contribution is 2.25. The number of thioether (sulfide) groups is 1. The van der Waals surface area contributed by atoms with Crippen molar-refractivity contribution in [1.29, 1.82) is 0 Å². The smallest absolute Gasteiger partial charge is 0.171 e. The molecule has 2 N–H and O–H groups in total. The van der Waals surface area contributed by atoms with Crippen LogP contribution in [0.25, 0.3) is 0 Å². The van der Waals surface area contributed by atoms with Crippen molar-refractivity contribution in [2.75, 3.05) is 23.3 Å². The van der Waals surface area contributed by atoms with Crippen LogP contribution >= 0.6 is 24.0 Å². The van der Waals surface area contributed by atoms with Crippen molar-refractivity contribution < 1.29 is 0 Å². The molecule has 5 heteroatoms. The van der Waals surface area contributed by atoms with E-state index in [-0.39, 0.29) is 6.04 Å². The number of thiocarbonyl (C=S) groups is 1. The van der Waals surface area contributed by atoms with Gasteiger partial charge < -0.3 is 15.5 Å². The Morgan fingerprint density at radius 3 is 2.45 bits per heavy atom. The lowest BCUT2D eigenvalue weighted by Crippen LogP contribution is -2.34. The highest BCUT2D eigenvalue weighted by molar-refractivity contribution is 7.98. The van der Waals surface area contributed by atoms with Crippen LogP contribution in [0.15, 0.2) is 83.8 Å². The van der Waals surface area contributed by atoms with E-state index >= 15 is 0 Å². The van der Waals surface area contributed by atoms with Gasteiger partial charge in [-0.2, -0.15) is 0 Å². The SMILES string of the molecule is C[C@H]1CCCN(c2ccc([C@H](C)NC(=S)Nc3ccc(CSc4ccccc4)cc3)cc2)C1. The minimum atomic E-state index is 0.140. The molecule has 3 aromatic carbocycles. The second-order valence-electron chi connectivity index (χ2n) is 8.90. The summed E-state index contributed by atoms with van der Waals surface area (Å²) in [6.07, 6.45) is 2.63. The summed E-state index contributed by atoms with van der Waals surface area (Å²) in [7, 11) is 0. The molecule has 4 rings (SSSR count). The molecule has 172 valence electrons. The van der Waals surface area contributed by atoms with Crippen molar-refractivity contribution in [3.05, 3.63) is 90.0 Å². The van der Waals surface area contributed by atoms with Crippen LogP contribution in [0.4, 0.5) is 11.4 Å². The number of hydrogen-bond donors (Lipinski definition) is 2. The molecule has 0 radical (unpaired) electrons. The molecule has 0 aromatic heterocycles. The molecule has 1 aliphatic rings. The summed E-state index contributed by atoms with van der Waals surface area (Å²) < 4.78 is 0. The fourth-order valence-electron chi connectivity index (χ4n) is 4.21. The summed E-state index contributed by atoms with van der Waals surface area (Å²) >= 11 is 7.41. The van der Waals surface area contributed by atoms with Crippen molar-refractivity contribution in [3.63, 3.8) is 0 Å². The van der Waals surface area contributed by atoms with Gasteiger partial charge in [0, 0.05) is 35.1 Å². The van der Waals surface area contributed by atoms with Gasteiger partial charge in [0.1, 0.15) is 0 Å². The Labute approximate surface area is 208 Å². The van der Waals surface area contributed by atoms with E-state index in [0.717, 1.165) is 30.4 Å². The van der Waals surface area contributed by atoms with Gasteiger partial charge in [-0.15, -0.1) is 11.8 Å². The molecular formula is C28H33N3S2. The summed E-state index contributed by atoms with van der Waals surface area (Å²) in [6.45, 7) is 6.81. The topological polar surface area (TPSA) is 27.3 Å². The normalized spacial score (nSPS) is 16.8. The number of benzene rings is 3. The number of rotatable bonds is 7. The average molecular weight is 476 g/mol. The molecule has 1 fully saturated rings. The third kappa shape index (κ3) is 6.99. The maximum Gasteiger partial charge on any atom is 0.171 e. The Hall–Kier alpha value is -2.50. The van der Waals surface area contributed by atoms with Crippen LogP contribution < -0.4 is 15.5 Å². The van der Waals surface area contributed by atoms with Gasteiger partial charge in [-0.05, 0) is 85.4 Å². The van der Waals surface area contributed by atoms with Crippen LogP contribution in [0.1, 0.15) is 43.9 Å². The molecule has 3 nitrogen and oxygen atoms in total. The van der Waals surface area contributed by atoms with Gasteiger partial charge in [-0.3, -0.25) is 0 Å². The van der Waals surface area contributed by atoms with Crippen molar-refractivity contribution in [1.82, 2.24) is 5.32 Å². The molecule has 1 aliphatic heterocycles. The third-order valence-electron chi connectivity index (χ3n) is 6.12. The first-order chi connectivity index (χ1) is 16.1. The Bertz CT molecular complexity index is 1020. The Balaban J connectivity index is 1.25. The van der Waals surface area contributed by atoms with Gasteiger partial charge in [0.25, 0.3) is 0 Å². The van der Waals surface area contributed by atoms with Crippen LogP contribution in [0, 0.1) is 5.92 Å². The molecule has 0 aliphatic carbocycles. The van der Waals surface area contributed by atoms with Crippen molar-refractivity contribution >= 4 is 40.5 Å². The lowest BCUT2D eigenvalue weighted by Gasteiger charge is -2.33. The summed E-state index contributed by atoms with van der Waals surface area (Å²) in [6, 6.07) is 28.1. The summed E-state index contributed by atoms with van der Waals surface area (Å²) in [4.78, 5) is 3.79. The second-order valence-corrected chi connectivity index (χ2v) is 10.4. The molecule has 0 saturated carbocycles. The van der Waals surface area contributed by atoms with Gasteiger partial charge in [-0.25, -0.2) is 0 Å². The van der Waals surface area contributed by atoms with Crippen LogP contribution in [-0.2, 0) is 5.75 Å². The molecular weight excluding hydrogens is 442 g/mol. The van der Waals surface area contributed by atoms with E-state index < -0.39 is 0 Å². The number of nitrogens with zero attached hydrogens (tertiary/aromatic N) is 1. The first kappa shape index (κ1) is 23.7.